The van der Waals surface area contributed by atoms with Gasteiger partial charge in [-0.05, 0) is 32.6 Å². The summed E-state index contributed by atoms with van der Waals surface area (Å²) in [6.45, 7) is 6.77. The van der Waals surface area contributed by atoms with Crippen LogP contribution >= 0.6 is 15.9 Å². The van der Waals surface area contributed by atoms with Crippen LogP contribution in [-0.2, 0) is 6.54 Å². The van der Waals surface area contributed by atoms with Gasteiger partial charge in [0.1, 0.15) is 5.82 Å². The van der Waals surface area contributed by atoms with E-state index in [0.717, 1.165) is 17.6 Å². The van der Waals surface area contributed by atoms with Gasteiger partial charge in [-0.15, -0.1) is 0 Å². The molecular weight excluding hydrogens is 283 g/mol. The largest absolute Gasteiger partial charge is 0.309 e. The van der Waals surface area contributed by atoms with Crippen LogP contribution in [0.1, 0.15) is 19.4 Å². The van der Waals surface area contributed by atoms with E-state index >= 15 is 0 Å². The molecule has 0 aliphatic rings. The molecule has 0 aliphatic carbocycles. The average molecular weight is 303 g/mol. The molecule has 0 aromatic heterocycles. The summed E-state index contributed by atoms with van der Waals surface area (Å²) in [7, 11) is 2.08. The monoisotopic (exact) mass is 302 g/mol. The summed E-state index contributed by atoms with van der Waals surface area (Å²) in [6, 6.07) is 5.40. The number of hydrogen-bond acceptors (Lipinski definition) is 2. The van der Waals surface area contributed by atoms with Crippen LogP contribution in [0.3, 0.4) is 0 Å². The number of nitrogens with zero attached hydrogens (tertiary/aromatic N) is 1. The number of benzene rings is 1. The Labute approximate surface area is 111 Å². The smallest absolute Gasteiger partial charge is 0.128 e. The SMILES string of the molecule is CCN(C)CC(C)NCc1c(F)cccc1Br. The van der Waals surface area contributed by atoms with Crippen molar-refractivity contribution in [1.82, 2.24) is 10.2 Å². The van der Waals surface area contributed by atoms with Crippen LogP contribution in [0.5, 0.6) is 0 Å². The van der Waals surface area contributed by atoms with Crippen molar-refractivity contribution in [2.45, 2.75) is 26.4 Å². The first-order valence-electron chi connectivity index (χ1n) is 5.89. The van der Waals surface area contributed by atoms with Gasteiger partial charge in [-0.25, -0.2) is 4.39 Å². The van der Waals surface area contributed by atoms with E-state index < -0.39 is 0 Å². The van der Waals surface area contributed by atoms with Crippen LogP contribution in [0.2, 0.25) is 0 Å². The zero-order valence-electron chi connectivity index (χ0n) is 10.6. The number of hydrogen-bond donors (Lipinski definition) is 1. The first kappa shape index (κ1) is 14.6. The van der Waals surface area contributed by atoms with Crippen molar-refractivity contribution < 1.29 is 4.39 Å². The van der Waals surface area contributed by atoms with E-state index in [4.69, 9.17) is 0 Å². The molecule has 1 N–H and O–H groups in total. The summed E-state index contributed by atoms with van der Waals surface area (Å²) < 4.78 is 14.4. The Kier molecular flexibility index (Phi) is 6.09. The molecular formula is C13H20BrFN2. The maximum atomic E-state index is 13.5. The minimum atomic E-state index is -0.164. The predicted octanol–water partition coefficient (Wildman–Crippen LogP) is 3.02. The van der Waals surface area contributed by atoms with E-state index in [1.54, 1.807) is 6.07 Å². The third kappa shape index (κ3) is 4.74. The highest BCUT2D eigenvalue weighted by Gasteiger charge is 2.09. The van der Waals surface area contributed by atoms with Crippen molar-refractivity contribution in [3.63, 3.8) is 0 Å². The molecule has 0 spiro atoms. The van der Waals surface area contributed by atoms with Gasteiger partial charge in [-0.1, -0.05) is 28.9 Å². The van der Waals surface area contributed by atoms with Crippen LogP contribution in [0.15, 0.2) is 22.7 Å². The lowest BCUT2D eigenvalue weighted by Gasteiger charge is -2.21. The fourth-order valence-corrected chi connectivity index (χ4v) is 2.12. The van der Waals surface area contributed by atoms with Gasteiger partial charge in [0.2, 0.25) is 0 Å². The van der Waals surface area contributed by atoms with Gasteiger partial charge in [-0.2, -0.15) is 0 Å². The molecule has 0 aliphatic heterocycles. The zero-order valence-corrected chi connectivity index (χ0v) is 12.2. The number of nitrogens with one attached hydrogen (secondary N) is 1. The summed E-state index contributed by atoms with van der Waals surface area (Å²) in [5, 5.41) is 3.33. The third-order valence-corrected chi connectivity index (χ3v) is 3.56. The molecule has 0 fully saturated rings. The van der Waals surface area contributed by atoms with Gasteiger partial charge in [0.25, 0.3) is 0 Å². The van der Waals surface area contributed by atoms with Gasteiger partial charge in [-0.3, -0.25) is 0 Å². The van der Waals surface area contributed by atoms with E-state index in [0.29, 0.717) is 18.2 Å². The molecule has 0 radical (unpaired) electrons. The molecule has 2 nitrogen and oxygen atoms in total. The van der Waals surface area contributed by atoms with Crippen molar-refractivity contribution in [1.29, 1.82) is 0 Å². The van der Waals surface area contributed by atoms with Crippen molar-refractivity contribution in [2.24, 2.45) is 0 Å². The first-order valence-corrected chi connectivity index (χ1v) is 6.68. The first-order chi connectivity index (χ1) is 8.04. The van der Waals surface area contributed by atoms with E-state index in [2.05, 4.69) is 47.0 Å². The molecule has 0 saturated heterocycles. The van der Waals surface area contributed by atoms with Crippen molar-refractivity contribution in [3.05, 3.63) is 34.1 Å². The van der Waals surface area contributed by atoms with Gasteiger partial charge in [0, 0.05) is 29.2 Å². The van der Waals surface area contributed by atoms with Crippen LogP contribution in [0, 0.1) is 5.82 Å². The van der Waals surface area contributed by atoms with Gasteiger partial charge < -0.3 is 10.2 Å². The highest BCUT2D eigenvalue weighted by molar-refractivity contribution is 9.10. The van der Waals surface area contributed by atoms with Crippen molar-refractivity contribution in [2.75, 3.05) is 20.1 Å². The minimum absolute atomic E-state index is 0.164. The molecule has 0 amide bonds. The summed E-state index contributed by atoms with van der Waals surface area (Å²) in [6.07, 6.45) is 0. The lowest BCUT2D eigenvalue weighted by molar-refractivity contribution is 0.308. The molecule has 0 heterocycles. The van der Waals surface area contributed by atoms with Crippen molar-refractivity contribution in [3.8, 4) is 0 Å². The maximum absolute atomic E-state index is 13.5. The molecule has 17 heavy (non-hydrogen) atoms. The fraction of sp³-hybridized carbons (Fsp3) is 0.538. The number of likely N-dealkylation sites (N-methyl/N-ethyl adjacent to an activating group) is 1. The van der Waals surface area contributed by atoms with Crippen LogP contribution < -0.4 is 5.32 Å². The maximum Gasteiger partial charge on any atom is 0.128 e. The molecule has 96 valence electrons. The lowest BCUT2D eigenvalue weighted by atomic mass is 10.2. The second kappa shape index (κ2) is 7.09. The van der Waals surface area contributed by atoms with Gasteiger partial charge in [0.15, 0.2) is 0 Å². The van der Waals surface area contributed by atoms with Gasteiger partial charge >= 0.3 is 0 Å². The fourth-order valence-electron chi connectivity index (χ4n) is 1.64. The summed E-state index contributed by atoms with van der Waals surface area (Å²) >= 11 is 3.37. The molecule has 1 rings (SSSR count). The lowest BCUT2D eigenvalue weighted by Crippen LogP contribution is -2.37. The average Bonchev–Trinajstić information content (AvgIpc) is 2.28. The van der Waals surface area contributed by atoms with Gasteiger partial charge in [0.05, 0.1) is 0 Å². The minimum Gasteiger partial charge on any atom is -0.309 e. The second-order valence-electron chi connectivity index (χ2n) is 4.34. The molecule has 0 saturated carbocycles. The van der Waals surface area contributed by atoms with E-state index in [9.17, 15) is 4.39 Å². The normalized spacial score (nSPS) is 13.1. The standard InChI is InChI=1S/C13H20BrFN2/c1-4-17(3)9-10(2)16-8-11-12(14)6-5-7-13(11)15/h5-7,10,16H,4,8-9H2,1-3H3. The number of rotatable bonds is 6. The Morgan fingerprint density at radius 1 is 1.47 bits per heavy atom. The molecule has 1 aromatic carbocycles. The highest BCUT2D eigenvalue weighted by Crippen LogP contribution is 2.19. The Bertz CT molecular complexity index is 337. The topological polar surface area (TPSA) is 15.3 Å². The summed E-state index contributed by atoms with van der Waals surface area (Å²) in [5.74, 6) is -0.164. The van der Waals surface area contributed by atoms with E-state index in [1.165, 1.54) is 6.07 Å². The highest BCUT2D eigenvalue weighted by atomic mass is 79.9. The Morgan fingerprint density at radius 3 is 2.76 bits per heavy atom. The number of halogens is 2. The second-order valence-corrected chi connectivity index (χ2v) is 5.19. The molecule has 4 heteroatoms. The van der Waals surface area contributed by atoms with Crippen LogP contribution in [-0.4, -0.2) is 31.1 Å². The Morgan fingerprint density at radius 2 is 2.18 bits per heavy atom. The molecule has 0 bridgehead atoms. The Hall–Kier alpha value is -0.450. The van der Waals surface area contributed by atoms with Crippen LogP contribution in [0.4, 0.5) is 4.39 Å². The molecule has 1 unspecified atom stereocenters. The summed E-state index contributed by atoms with van der Waals surface area (Å²) in [5.41, 5.74) is 0.693. The molecule has 1 aromatic rings. The quantitative estimate of drug-likeness (QED) is 0.869. The molecule has 1 atom stereocenters. The van der Waals surface area contributed by atoms with E-state index in [-0.39, 0.29) is 5.82 Å². The predicted molar refractivity (Wildman–Crippen MR) is 73.6 cm³/mol. The zero-order chi connectivity index (χ0) is 12.8. The summed E-state index contributed by atoms with van der Waals surface area (Å²) in [4.78, 5) is 2.23. The van der Waals surface area contributed by atoms with Crippen LogP contribution in [0.25, 0.3) is 0 Å². The van der Waals surface area contributed by atoms with Crippen molar-refractivity contribution >= 4 is 15.9 Å². The van der Waals surface area contributed by atoms with E-state index in [1.807, 2.05) is 6.07 Å². The third-order valence-electron chi connectivity index (χ3n) is 2.81. The Balaban J connectivity index is 2.50.